The zero-order chi connectivity index (χ0) is 18.0. The van der Waals surface area contributed by atoms with Crippen molar-refractivity contribution in [1.29, 1.82) is 0 Å². The third-order valence-electron chi connectivity index (χ3n) is 3.85. The molecule has 0 unspecified atom stereocenters. The van der Waals surface area contributed by atoms with Gasteiger partial charge in [-0.1, -0.05) is 12.1 Å². The molecule has 0 saturated carbocycles. The van der Waals surface area contributed by atoms with Gasteiger partial charge in [0.2, 0.25) is 5.76 Å². The smallest absolute Gasteiger partial charge is 0.374 e. The Morgan fingerprint density at radius 2 is 2.08 bits per heavy atom. The maximum atomic E-state index is 12.1. The lowest BCUT2D eigenvalue weighted by Gasteiger charge is -2.14. The molecule has 1 N–H and O–H groups in total. The Labute approximate surface area is 144 Å². The number of fused-ring (bicyclic) bond motifs is 1. The van der Waals surface area contributed by atoms with E-state index < -0.39 is 5.97 Å². The van der Waals surface area contributed by atoms with Crippen LogP contribution in [-0.4, -0.2) is 35.0 Å². The molecule has 0 aliphatic rings. The van der Waals surface area contributed by atoms with Gasteiger partial charge >= 0.3 is 5.97 Å². The molecule has 0 fully saturated rings. The van der Waals surface area contributed by atoms with Gasteiger partial charge in [0.1, 0.15) is 11.6 Å². The van der Waals surface area contributed by atoms with Crippen molar-refractivity contribution >= 4 is 16.9 Å². The molecule has 130 valence electrons. The van der Waals surface area contributed by atoms with Crippen LogP contribution in [0.15, 0.2) is 39.5 Å². The normalized spacial score (nSPS) is 11.2. The minimum absolute atomic E-state index is 0.157. The predicted octanol–water partition coefficient (Wildman–Crippen LogP) is 2.24. The third kappa shape index (κ3) is 3.61. The average Bonchev–Trinajstić information content (AvgIpc) is 2.94. The van der Waals surface area contributed by atoms with E-state index in [0.29, 0.717) is 35.6 Å². The highest BCUT2D eigenvalue weighted by atomic mass is 16.5. The van der Waals surface area contributed by atoms with Crippen molar-refractivity contribution in [2.45, 2.75) is 20.0 Å². The van der Waals surface area contributed by atoms with E-state index in [1.165, 1.54) is 7.11 Å². The Hall–Kier alpha value is -2.93. The molecule has 1 aromatic carbocycles. The van der Waals surface area contributed by atoms with Gasteiger partial charge in [0.05, 0.1) is 31.1 Å². The summed E-state index contributed by atoms with van der Waals surface area (Å²) >= 11 is 0. The molecule has 0 atom stereocenters. The van der Waals surface area contributed by atoms with Crippen LogP contribution in [0.3, 0.4) is 0 Å². The molecule has 2 aromatic heterocycles. The Balaban J connectivity index is 1.76. The largest absolute Gasteiger partial charge is 0.463 e. The Morgan fingerprint density at radius 1 is 1.32 bits per heavy atom. The monoisotopic (exact) mass is 341 g/mol. The summed E-state index contributed by atoms with van der Waals surface area (Å²) in [6.07, 6.45) is 0. The number of benzene rings is 1. The number of H-pyrrole nitrogens is 1. The van der Waals surface area contributed by atoms with E-state index in [2.05, 4.69) is 14.7 Å². The molecule has 25 heavy (non-hydrogen) atoms. The molecular formula is C18H19N3O4. The van der Waals surface area contributed by atoms with Crippen LogP contribution in [0.2, 0.25) is 0 Å². The van der Waals surface area contributed by atoms with E-state index in [-0.39, 0.29) is 11.3 Å². The van der Waals surface area contributed by atoms with E-state index >= 15 is 0 Å². The summed E-state index contributed by atoms with van der Waals surface area (Å²) in [7, 11) is 3.20. The van der Waals surface area contributed by atoms with Crippen LogP contribution in [-0.2, 0) is 17.8 Å². The van der Waals surface area contributed by atoms with Crippen LogP contribution >= 0.6 is 0 Å². The zero-order valence-electron chi connectivity index (χ0n) is 14.3. The third-order valence-corrected chi connectivity index (χ3v) is 3.85. The van der Waals surface area contributed by atoms with Crippen molar-refractivity contribution in [3.05, 3.63) is 63.6 Å². The number of esters is 1. The molecule has 0 aliphatic carbocycles. The Kier molecular flexibility index (Phi) is 4.67. The van der Waals surface area contributed by atoms with Crippen molar-refractivity contribution in [2.75, 3.05) is 14.2 Å². The van der Waals surface area contributed by atoms with Gasteiger partial charge in [-0.3, -0.25) is 9.69 Å². The number of furan rings is 1. The second-order valence-corrected chi connectivity index (χ2v) is 5.92. The van der Waals surface area contributed by atoms with Gasteiger partial charge in [0.15, 0.2) is 0 Å². The molecule has 3 aromatic rings. The molecule has 0 saturated heterocycles. The van der Waals surface area contributed by atoms with Gasteiger partial charge in [-0.2, -0.15) is 0 Å². The lowest BCUT2D eigenvalue weighted by Crippen LogP contribution is -2.21. The summed E-state index contributed by atoms with van der Waals surface area (Å²) in [5.41, 5.74) is 1.24. The van der Waals surface area contributed by atoms with Gasteiger partial charge < -0.3 is 14.1 Å². The number of methoxy groups -OCH3 is 1. The molecular weight excluding hydrogens is 322 g/mol. The van der Waals surface area contributed by atoms with E-state index in [0.717, 1.165) is 5.56 Å². The first-order chi connectivity index (χ1) is 12.0. The molecule has 3 rings (SSSR count). The summed E-state index contributed by atoms with van der Waals surface area (Å²) in [5, 5.41) is 0.568. The predicted molar refractivity (Wildman–Crippen MR) is 92.3 cm³/mol. The second kappa shape index (κ2) is 6.90. The number of aryl methyl sites for hydroxylation is 1. The lowest BCUT2D eigenvalue weighted by atomic mass is 10.2. The van der Waals surface area contributed by atoms with Gasteiger partial charge in [0.25, 0.3) is 5.56 Å². The van der Waals surface area contributed by atoms with Crippen molar-refractivity contribution in [3.63, 3.8) is 0 Å². The minimum Gasteiger partial charge on any atom is -0.463 e. The fourth-order valence-corrected chi connectivity index (χ4v) is 2.71. The summed E-state index contributed by atoms with van der Waals surface area (Å²) in [6, 6.07) is 9.02. The molecule has 0 aliphatic heterocycles. The van der Waals surface area contributed by atoms with E-state index in [4.69, 9.17) is 4.42 Å². The molecule has 0 radical (unpaired) electrons. The highest BCUT2D eigenvalue weighted by molar-refractivity contribution is 5.87. The number of aromatic amines is 1. The number of nitrogens with one attached hydrogen (secondary N) is 1. The standard InChI is InChI=1S/C18H19N3O4/c1-11-8-12(25-16(11)18(23)24-3)9-21(2)10-15-19-14-7-5-4-6-13(14)17(22)20-15/h4-8H,9-10H2,1-3H3,(H,19,20,22). The second-order valence-electron chi connectivity index (χ2n) is 5.92. The number of rotatable bonds is 5. The van der Waals surface area contributed by atoms with Gasteiger partial charge in [-0.05, 0) is 32.2 Å². The van der Waals surface area contributed by atoms with Gasteiger partial charge in [-0.25, -0.2) is 9.78 Å². The van der Waals surface area contributed by atoms with Crippen molar-refractivity contribution in [1.82, 2.24) is 14.9 Å². The molecule has 0 amide bonds. The molecule has 0 spiro atoms. The Morgan fingerprint density at radius 3 is 2.84 bits per heavy atom. The molecule has 7 heteroatoms. The average molecular weight is 341 g/mol. The number of ether oxygens (including phenoxy) is 1. The van der Waals surface area contributed by atoms with Crippen molar-refractivity contribution in [3.8, 4) is 0 Å². The molecule has 0 bridgehead atoms. The number of hydrogen-bond acceptors (Lipinski definition) is 6. The van der Waals surface area contributed by atoms with Crippen molar-refractivity contribution < 1.29 is 13.9 Å². The number of carbonyl (C=O) groups is 1. The summed E-state index contributed by atoms with van der Waals surface area (Å²) in [6.45, 7) is 2.70. The van der Waals surface area contributed by atoms with Gasteiger partial charge in [-0.15, -0.1) is 0 Å². The van der Waals surface area contributed by atoms with Crippen LogP contribution in [0.5, 0.6) is 0 Å². The summed E-state index contributed by atoms with van der Waals surface area (Å²) in [5.74, 6) is 0.932. The van der Waals surface area contributed by atoms with Crippen LogP contribution in [0.4, 0.5) is 0 Å². The van der Waals surface area contributed by atoms with Crippen LogP contribution < -0.4 is 5.56 Å². The highest BCUT2D eigenvalue weighted by Gasteiger charge is 2.17. The number of hydrogen-bond donors (Lipinski definition) is 1. The first kappa shape index (κ1) is 16.9. The SMILES string of the molecule is COC(=O)c1oc(CN(C)Cc2nc3ccccc3c(=O)[nH]2)cc1C. The first-order valence-electron chi connectivity index (χ1n) is 7.82. The summed E-state index contributed by atoms with van der Waals surface area (Å²) in [4.78, 5) is 32.9. The van der Waals surface area contributed by atoms with Gasteiger partial charge in [0, 0.05) is 5.56 Å². The van der Waals surface area contributed by atoms with Crippen LogP contribution in [0.25, 0.3) is 10.9 Å². The highest BCUT2D eigenvalue weighted by Crippen LogP contribution is 2.17. The lowest BCUT2D eigenvalue weighted by molar-refractivity contribution is 0.0560. The Bertz CT molecular complexity index is 974. The van der Waals surface area contributed by atoms with Crippen LogP contribution in [0.1, 0.15) is 27.7 Å². The zero-order valence-corrected chi connectivity index (χ0v) is 14.3. The maximum absolute atomic E-state index is 12.1. The summed E-state index contributed by atoms with van der Waals surface area (Å²) < 4.78 is 10.2. The maximum Gasteiger partial charge on any atom is 0.374 e. The number of nitrogens with zero attached hydrogens (tertiary/aromatic N) is 2. The topological polar surface area (TPSA) is 88.4 Å². The number of carbonyl (C=O) groups excluding carboxylic acids is 1. The van der Waals surface area contributed by atoms with E-state index in [9.17, 15) is 9.59 Å². The molecule has 2 heterocycles. The fourth-order valence-electron chi connectivity index (χ4n) is 2.71. The van der Waals surface area contributed by atoms with E-state index in [1.54, 1.807) is 19.1 Å². The first-order valence-corrected chi connectivity index (χ1v) is 7.82. The number of aromatic nitrogens is 2. The van der Waals surface area contributed by atoms with E-state index in [1.807, 2.05) is 30.1 Å². The quantitative estimate of drug-likeness (QED) is 0.716. The number of para-hydroxylation sites is 1. The minimum atomic E-state index is -0.494. The molecule has 7 nitrogen and oxygen atoms in total. The fraction of sp³-hybridized carbons (Fsp3) is 0.278. The van der Waals surface area contributed by atoms with Crippen LogP contribution in [0, 0.1) is 6.92 Å². The van der Waals surface area contributed by atoms with Crippen molar-refractivity contribution in [2.24, 2.45) is 0 Å².